The van der Waals surface area contributed by atoms with Crippen LogP contribution in [0.3, 0.4) is 0 Å². The zero-order valence-electron chi connectivity index (χ0n) is 31.6. The van der Waals surface area contributed by atoms with Gasteiger partial charge in [-0.05, 0) is 81.8 Å². The van der Waals surface area contributed by atoms with Crippen molar-refractivity contribution in [3.63, 3.8) is 0 Å². The van der Waals surface area contributed by atoms with Crippen LogP contribution >= 0.6 is 0 Å². The Bertz CT molecular complexity index is 2820. The molecular weight excluding hydrogens is 844 g/mol. The average Bonchev–Trinajstić information content (AvgIpc) is 3.86. The second-order valence-electron chi connectivity index (χ2n) is 15.8. The van der Waals surface area contributed by atoms with E-state index in [1.165, 1.54) is 27.6 Å². The van der Waals surface area contributed by atoms with Gasteiger partial charge in [0.15, 0.2) is 0 Å². The Morgan fingerprint density at radius 3 is 1.98 bits per heavy atom. The van der Waals surface area contributed by atoms with E-state index >= 15 is 0 Å². The molecule has 6 nitrogen and oxygen atoms in total. The summed E-state index contributed by atoms with van der Waals surface area (Å²) in [5, 5.41) is 14.0. The number of hydrogen-bond donors (Lipinski definition) is 0. The summed E-state index contributed by atoms with van der Waals surface area (Å²) in [5.41, 5.74) is 12.3. The number of hydrogen-bond acceptors (Lipinski definition) is 3. The molecule has 0 saturated carbocycles. The molecule has 0 amide bonds. The molecule has 0 N–H and O–H groups in total. The first-order valence-corrected chi connectivity index (χ1v) is 18.6. The monoisotopic (exact) mass is 885 g/mol. The first kappa shape index (κ1) is 35.7. The summed E-state index contributed by atoms with van der Waals surface area (Å²) in [6, 6.07) is 42.5. The Balaban J connectivity index is 0.00000413. The smallest absolute Gasteiger partial charge is 0.573 e. The van der Waals surface area contributed by atoms with E-state index in [9.17, 15) is 0 Å². The van der Waals surface area contributed by atoms with E-state index in [2.05, 4.69) is 173 Å². The summed E-state index contributed by atoms with van der Waals surface area (Å²) < 4.78 is 4.48. The van der Waals surface area contributed by atoms with E-state index in [1.807, 2.05) is 6.20 Å². The molecule has 0 radical (unpaired) electrons. The maximum Gasteiger partial charge on any atom is 2.00 e. The van der Waals surface area contributed by atoms with E-state index in [0.717, 1.165) is 66.9 Å². The SMILES string of the molecule is CC(C)c1cccc(C(C)C)c1-c1cc(-c2ccc3c4ccccc4n(-c4[c-]c5c(cc4)c4ccccc4n5-c4cc(C(C)(C)C)ccn4)c3n2)[n-]n1.[Pt+2]. The Morgan fingerprint density at radius 1 is 0.648 bits per heavy atom. The van der Waals surface area contributed by atoms with Gasteiger partial charge in [-0.25, -0.2) is 9.97 Å². The maximum absolute atomic E-state index is 5.34. The molecule has 9 rings (SSSR count). The molecular formula is C47H42N6Pt. The molecule has 0 atom stereocenters. The van der Waals surface area contributed by atoms with Gasteiger partial charge in [0.25, 0.3) is 0 Å². The first-order chi connectivity index (χ1) is 25.6. The van der Waals surface area contributed by atoms with Crippen molar-refractivity contribution in [2.24, 2.45) is 0 Å². The van der Waals surface area contributed by atoms with Crippen molar-refractivity contribution in [3.8, 4) is 34.2 Å². The van der Waals surface area contributed by atoms with Crippen molar-refractivity contribution in [1.82, 2.24) is 29.3 Å². The van der Waals surface area contributed by atoms with Gasteiger partial charge in [0.05, 0.1) is 11.2 Å². The van der Waals surface area contributed by atoms with Crippen molar-refractivity contribution in [2.45, 2.75) is 65.7 Å². The summed E-state index contributed by atoms with van der Waals surface area (Å²) in [5.74, 6) is 1.60. The number of nitrogens with zero attached hydrogens (tertiary/aromatic N) is 6. The topological polar surface area (TPSA) is 62.6 Å². The molecule has 0 spiro atoms. The number of aromatic nitrogens is 6. The van der Waals surface area contributed by atoms with E-state index < -0.39 is 0 Å². The maximum atomic E-state index is 5.34. The minimum atomic E-state index is -0.0148. The van der Waals surface area contributed by atoms with Gasteiger partial charge >= 0.3 is 21.1 Å². The van der Waals surface area contributed by atoms with Crippen LogP contribution in [0, 0.1) is 6.07 Å². The third-order valence-electron chi connectivity index (χ3n) is 10.6. The fourth-order valence-corrected chi connectivity index (χ4v) is 7.87. The minimum Gasteiger partial charge on any atom is -0.573 e. The third kappa shape index (κ3) is 5.79. The molecule has 0 aliphatic rings. The molecule has 0 bridgehead atoms. The van der Waals surface area contributed by atoms with Crippen LogP contribution in [-0.4, -0.2) is 24.2 Å². The van der Waals surface area contributed by atoms with Crippen molar-refractivity contribution >= 4 is 43.7 Å². The summed E-state index contributed by atoms with van der Waals surface area (Å²) >= 11 is 0. The van der Waals surface area contributed by atoms with Crippen LogP contribution in [-0.2, 0) is 26.5 Å². The summed E-state index contributed by atoms with van der Waals surface area (Å²) in [6.45, 7) is 15.7. The predicted molar refractivity (Wildman–Crippen MR) is 218 cm³/mol. The Morgan fingerprint density at radius 2 is 1.30 bits per heavy atom. The summed E-state index contributed by atoms with van der Waals surface area (Å²) in [6.07, 6.45) is 1.92. The zero-order valence-corrected chi connectivity index (χ0v) is 33.9. The van der Waals surface area contributed by atoms with Crippen LogP contribution < -0.4 is 5.10 Å². The van der Waals surface area contributed by atoms with Gasteiger partial charge in [0.1, 0.15) is 11.5 Å². The number of rotatable bonds is 6. The van der Waals surface area contributed by atoms with Gasteiger partial charge in [-0.1, -0.05) is 120 Å². The van der Waals surface area contributed by atoms with Gasteiger partial charge in [0.2, 0.25) is 0 Å². The van der Waals surface area contributed by atoms with Crippen LogP contribution in [0.25, 0.3) is 77.9 Å². The normalized spacial score (nSPS) is 12.2. The predicted octanol–water partition coefficient (Wildman–Crippen LogP) is 11.7. The largest absolute Gasteiger partial charge is 2.00 e. The third-order valence-corrected chi connectivity index (χ3v) is 10.6. The van der Waals surface area contributed by atoms with Crippen molar-refractivity contribution in [3.05, 3.63) is 138 Å². The molecule has 7 heteroatoms. The Labute approximate surface area is 330 Å². The van der Waals surface area contributed by atoms with Gasteiger partial charge in [0, 0.05) is 33.7 Å². The minimum absolute atomic E-state index is 0. The molecule has 5 heterocycles. The molecule has 270 valence electrons. The van der Waals surface area contributed by atoms with E-state index in [1.54, 1.807) is 0 Å². The van der Waals surface area contributed by atoms with Gasteiger partial charge in [-0.2, -0.15) is 6.07 Å². The molecule has 5 aromatic heterocycles. The molecule has 9 aromatic rings. The first-order valence-electron chi connectivity index (χ1n) is 18.6. The average molecular weight is 886 g/mol. The quantitative estimate of drug-likeness (QED) is 0.156. The fourth-order valence-electron chi connectivity index (χ4n) is 7.87. The van der Waals surface area contributed by atoms with Crippen molar-refractivity contribution in [1.29, 1.82) is 0 Å². The van der Waals surface area contributed by atoms with E-state index in [0.29, 0.717) is 11.8 Å². The summed E-state index contributed by atoms with van der Waals surface area (Å²) in [4.78, 5) is 10.2. The fraction of sp³-hybridized carbons (Fsp3) is 0.213. The molecule has 0 fully saturated rings. The van der Waals surface area contributed by atoms with Crippen LogP contribution in [0.15, 0.2) is 115 Å². The molecule has 0 aliphatic heterocycles. The Hall–Kier alpha value is -5.32. The van der Waals surface area contributed by atoms with Crippen LogP contribution in [0.1, 0.15) is 77.0 Å². The molecule has 0 aliphatic carbocycles. The Kier molecular flexibility index (Phi) is 8.93. The standard InChI is InChI=1S/C47H42N6.Pt/c1-28(2)32-15-12-16-33(29(3)4)45(32)40-27-39(50-51-40)38-22-21-37-35-14-9-10-17-41(35)52(46(37)49-38)31-19-20-36-34-13-8-11-18-42(34)53(43(36)26-31)44-25-30(23-24-48-44)47(5,6)7;/h8-25,27-29H,1-7H3;/q-2;+2. The second kappa shape index (κ2) is 13.5. The van der Waals surface area contributed by atoms with Gasteiger partial charge in [-0.3, -0.25) is 0 Å². The number of fused-ring (bicyclic) bond motifs is 6. The van der Waals surface area contributed by atoms with E-state index in [4.69, 9.17) is 20.2 Å². The van der Waals surface area contributed by atoms with Crippen molar-refractivity contribution in [2.75, 3.05) is 0 Å². The van der Waals surface area contributed by atoms with Crippen molar-refractivity contribution < 1.29 is 21.1 Å². The van der Waals surface area contributed by atoms with Crippen LogP contribution in [0.2, 0.25) is 0 Å². The molecule has 54 heavy (non-hydrogen) atoms. The zero-order chi connectivity index (χ0) is 36.6. The summed E-state index contributed by atoms with van der Waals surface area (Å²) in [7, 11) is 0. The van der Waals surface area contributed by atoms with Crippen LogP contribution in [0.5, 0.6) is 0 Å². The van der Waals surface area contributed by atoms with Gasteiger partial charge in [-0.15, -0.1) is 17.5 Å². The second-order valence-corrected chi connectivity index (χ2v) is 15.8. The number of para-hydroxylation sites is 2. The molecule has 0 unspecified atom stereocenters. The molecule has 0 saturated heterocycles. The van der Waals surface area contributed by atoms with Gasteiger partial charge < -0.3 is 19.3 Å². The number of pyridine rings is 2. The van der Waals surface area contributed by atoms with E-state index in [-0.39, 0.29) is 26.5 Å². The number of benzene rings is 4. The van der Waals surface area contributed by atoms with Crippen LogP contribution in [0.4, 0.5) is 0 Å². The molecule has 4 aromatic carbocycles.